The minimum absolute atomic E-state index is 0.0164. The van der Waals surface area contributed by atoms with Gasteiger partial charge < -0.3 is 25.2 Å². The summed E-state index contributed by atoms with van der Waals surface area (Å²) in [6.45, 7) is 5.88. The van der Waals surface area contributed by atoms with Gasteiger partial charge in [0.2, 0.25) is 5.91 Å². The standard InChI is InChI=1S/C35H37ClFN5O3S/c1-34(2,3)46(45)41-35(23-6-4-5-21(15-23)19-38)14-13-22-16-28(22)32(39-26-10-8-25(36)9-11-26)42-20-27(43)18-31(42)33(44)40-30-17-24(35)7-12-29(30)37/h4-12,15,17,22,27,31,39,41,43H,13-14,16,18,20H2,1-3H3,(H,40,44)/b32-28-/t22?,27-,31+,35?,46?/m0/s1. The van der Waals surface area contributed by atoms with E-state index in [1.54, 1.807) is 42.5 Å². The molecule has 0 aromatic heterocycles. The number of aliphatic hydroxyl groups is 1. The van der Waals surface area contributed by atoms with E-state index in [1.807, 2.05) is 43.9 Å². The lowest BCUT2D eigenvalue weighted by atomic mass is 9.78. The predicted molar refractivity (Wildman–Crippen MR) is 179 cm³/mol. The first-order valence-corrected chi connectivity index (χ1v) is 16.9. The zero-order valence-corrected chi connectivity index (χ0v) is 27.5. The van der Waals surface area contributed by atoms with Gasteiger partial charge in [0.05, 0.1) is 23.4 Å². The maximum Gasteiger partial charge on any atom is 0.247 e. The van der Waals surface area contributed by atoms with Crippen molar-refractivity contribution in [2.75, 3.05) is 17.2 Å². The smallest absolute Gasteiger partial charge is 0.247 e. The molecule has 2 heterocycles. The minimum atomic E-state index is -1.56. The number of fused-ring (bicyclic) bond motifs is 4. The number of hydrogen-bond donors (Lipinski definition) is 4. The van der Waals surface area contributed by atoms with E-state index in [4.69, 9.17) is 11.6 Å². The van der Waals surface area contributed by atoms with Crippen LogP contribution in [0.5, 0.6) is 0 Å². The molecule has 0 spiro atoms. The number of nitriles is 1. The number of rotatable bonds is 5. The van der Waals surface area contributed by atoms with Gasteiger partial charge in [0.25, 0.3) is 0 Å². The summed E-state index contributed by atoms with van der Waals surface area (Å²) in [4.78, 5) is 15.8. The van der Waals surface area contributed by atoms with Crippen molar-refractivity contribution >= 4 is 40.2 Å². The minimum Gasteiger partial charge on any atom is -0.598 e. The van der Waals surface area contributed by atoms with Gasteiger partial charge >= 0.3 is 0 Å². The summed E-state index contributed by atoms with van der Waals surface area (Å²) in [5, 5.41) is 27.4. The molecule has 46 heavy (non-hydrogen) atoms. The molecule has 1 saturated carbocycles. The van der Waals surface area contributed by atoms with Gasteiger partial charge in [0.1, 0.15) is 28.0 Å². The Balaban J connectivity index is 1.51. The van der Waals surface area contributed by atoms with Crippen molar-refractivity contribution in [3.8, 4) is 6.07 Å². The monoisotopic (exact) mass is 661 g/mol. The van der Waals surface area contributed by atoms with Crippen LogP contribution in [-0.4, -0.2) is 43.9 Å². The van der Waals surface area contributed by atoms with Crippen LogP contribution in [0.4, 0.5) is 15.8 Å². The van der Waals surface area contributed by atoms with Crippen LogP contribution in [0.25, 0.3) is 0 Å². The highest BCUT2D eigenvalue weighted by molar-refractivity contribution is 7.90. The van der Waals surface area contributed by atoms with E-state index in [2.05, 4.69) is 21.4 Å². The van der Waals surface area contributed by atoms with E-state index in [9.17, 15) is 19.7 Å². The highest BCUT2D eigenvalue weighted by Crippen LogP contribution is 2.49. The molecule has 2 bridgehead atoms. The molecule has 3 aromatic carbocycles. The quantitative estimate of drug-likeness (QED) is 0.242. The number of halogens is 2. The van der Waals surface area contributed by atoms with Crippen molar-refractivity contribution in [1.82, 2.24) is 9.62 Å². The number of anilines is 2. The Labute approximate surface area is 276 Å². The lowest BCUT2D eigenvalue weighted by Gasteiger charge is -2.39. The van der Waals surface area contributed by atoms with Gasteiger partial charge in [0, 0.05) is 35.0 Å². The molecule has 5 atom stereocenters. The SMILES string of the molecule is CC(C)(C)[S+]([O-])NC1(c2cccc(C#N)c2)CCC2C/C2=C(\Nc2ccc(Cl)cc2)N2C[C@@H](O)C[C@@H]2C(=O)Nc2cc1ccc2F. The van der Waals surface area contributed by atoms with E-state index in [0.717, 1.165) is 29.1 Å². The highest BCUT2D eigenvalue weighted by atomic mass is 35.5. The third-order valence-electron chi connectivity index (χ3n) is 8.97. The third kappa shape index (κ3) is 6.48. The Morgan fingerprint density at radius 1 is 1.15 bits per heavy atom. The van der Waals surface area contributed by atoms with Gasteiger partial charge in [-0.15, -0.1) is 4.72 Å². The second-order valence-corrected chi connectivity index (χ2v) is 15.7. The van der Waals surface area contributed by atoms with Crippen molar-refractivity contribution in [3.63, 3.8) is 0 Å². The average Bonchev–Trinajstić information content (AvgIpc) is 3.69. The zero-order valence-electron chi connectivity index (χ0n) is 25.9. The van der Waals surface area contributed by atoms with E-state index < -0.39 is 45.5 Å². The topological polar surface area (TPSA) is 123 Å². The molecule has 2 fully saturated rings. The molecule has 1 aliphatic carbocycles. The van der Waals surface area contributed by atoms with Gasteiger partial charge in [-0.05, 0) is 111 Å². The Hall–Kier alpha value is -3.59. The third-order valence-corrected chi connectivity index (χ3v) is 10.9. The Morgan fingerprint density at radius 2 is 1.89 bits per heavy atom. The molecule has 1 saturated heterocycles. The van der Waals surface area contributed by atoms with E-state index >= 15 is 4.39 Å². The number of benzene rings is 3. The lowest BCUT2D eigenvalue weighted by Crippen LogP contribution is -2.52. The normalized spacial score (nSPS) is 26.8. The molecular weight excluding hydrogens is 625 g/mol. The van der Waals surface area contributed by atoms with E-state index in [0.29, 0.717) is 29.0 Å². The highest BCUT2D eigenvalue weighted by Gasteiger charge is 2.47. The first-order chi connectivity index (χ1) is 21.9. The van der Waals surface area contributed by atoms with Crippen molar-refractivity contribution in [1.29, 1.82) is 5.26 Å². The maximum absolute atomic E-state index is 15.5. The van der Waals surface area contributed by atoms with Crippen LogP contribution < -0.4 is 15.4 Å². The first-order valence-electron chi connectivity index (χ1n) is 15.4. The molecule has 11 heteroatoms. The molecule has 3 aromatic rings. The van der Waals surface area contributed by atoms with Crippen LogP contribution in [-0.2, 0) is 21.7 Å². The van der Waals surface area contributed by atoms with Crippen LogP contribution in [0, 0.1) is 23.1 Å². The van der Waals surface area contributed by atoms with E-state index in [-0.39, 0.29) is 24.6 Å². The summed E-state index contributed by atoms with van der Waals surface area (Å²) in [6, 6.07) is 20.5. The van der Waals surface area contributed by atoms with Crippen LogP contribution in [0.2, 0.25) is 5.02 Å². The Bertz CT molecular complexity index is 1720. The van der Waals surface area contributed by atoms with Crippen molar-refractivity contribution in [3.05, 3.63) is 106 Å². The fraction of sp³-hybridized carbons (Fsp3) is 0.371. The van der Waals surface area contributed by atoms with Crippen LogP contribution >= 0.6 is 11.6 Å². The second-order valence-electron chi connectivity index (χ2n) is 13.3. The van der Waals surface area contributed by atoms with Crippen molar-refractivity contribution in [2.45, 2.75) is 68.9 Å². The average molecular weight is 662 g/mol. The summed E-state index contributed by atoms with van der Waals surface area (Å²) in [5.41, 5.74) is 2.57. The molecule has 3 unspecified atom stereocenters. The van der Waals surface area contributed by atoms with Crippen LogP contribution in [0.1, 0.15) is 63.1 Å². The summed E-state index contributed by atoms with van der Waals surface area (Å²) in [5.74, 6) is -0.183. The summed E-state index contributed by atoms with van der Waals surface area (Å²) in [6.07, 6.45) is 1.35. The van der Waals surface area contributed by atoms with Crippen molar-refractivity contribution in [2.24, 2.45) is 5.92 Å². The fourth-order valence-electron chi connectivity index (χ4n) is 6.37. The Kier molecular flexibility index (Phi) is 8.83. The lowest BCUT2D eigenvalue weighted by molar-refractivity contribution is -0.119. The van der Waals surface area contributed by atoms with Gasteiger partial charge in [-0.25, -0.2) is 4.39 Å². The molecular formula is C35H37ClFN5O3S. The Morgan fingerprint density at radius 3 is 2.61 bits per heavy atom. The molecule has 0 radical (unpaired) electrons. The summed E-state index contributed by atoms with van der Waals surface area (Å²) >= 11 is 4.58. The van der Waals surface area contributed by atoms with Crippen molar-refractivity contribution < 1.29 is 18.8 Å². The van der Waals surface area contributed by atoms with Gasteiger partial charge in [-0.3, -0.25) is 4.79 Å². The number of nitrogens with one attached hydrogen (secondary N) is 3. The number of carbonyl (C=O) groups is 1. The number of aliphatic hydroxyl groups excluding tert-OH is 1. The summed E-state index contributed by atoms with van der Waals surface area (Å²) in [7, 11) is 0. The molecule has 2 aliphatic heterocycles. The molecule has 6 rings (SSSR count). The van der Waals surface area contributed by atoms with Crippen LogP contribution in [0.3, 0.4) is 0 Å². The number of allylic oxidation sites excluding steroid dienone is 1. The molecule has 1 amide bonds. The largest absolute Gasteiger partial charge is 0.598 e. The zero-order chi connectivity index (χ0) is 32.8. The number of nitrogens with zero attached hydrogens (tertiary/aromatic N) is 2. The number of carbonyl (C=O) groups excluding carboxylic acids is 1. The van der Waals surface area contributed by atoms with Gasteiger partial charge in [0.15, 0.2) is 0 Å². The van der Waals surface area contributed by atoms with E-state index in [1.165, 1.54) is 6.07 Å². The van der Waals surface area contributed by atoms with Gasteiger partial charge in [-0.1, -0.05) is 29.8 Å². The van der Waals surface area contributed by atoms with Crippen LogP contribution in [0.15, 0.2) is 78.1 Å². The predicted octanol–water partition coefficient (Wildman–Crippen LogP) is 6.16. The maximum atomic E-state index is 15.5. The number of amides is 1. The fourth-order valence-corrected chi connectivity index (χ4v) is 7.46. The first kappa shape index (κ1) is 32.4. The number of hydrogen-bond acceptors (Lipinski definition) is 7. The molecule has 4 N–H and O–H groups in total. The van der Waals surface area contributed by atoms with Gasteiger partial charge in [-0.2, -0.15) is 5.26 Å². The second kappa shape index (κ2) is 12.5. The molecule has 3 aliphatic rings. The summed E-state index contributed by atoms with van der Waals surface area (Å²) < 4.78 is 32.1. The molecule has 8 nitrogen and oxygen atoms in total. The molecule has 240 valence electrons.